The third kappa shape index (κ3) is 6.14. The first-order valence-electron chi connectivity index (χ1n) is 6.48. The molecule has 4 N–H and O–H groups in total. The molecule has 1 amide bonds. The minimum absolute atomic E-state index is 0.102. The number of rotatable bonds is 8. The zero-order valence-corrected chi connectivity index (χ0v) is 12.4. The summed E-state index contributed by atoms with van der Waals surface area (Å²) in [6, 6.07) is 7.13. The molecule has 20 heavy (non-hydrogen) atoms. The lowest BCUT2D eigenvalue weighted by atomic mass is 10.1. The maximum absolute atomic E-state index is 11.9. The SMILES string of the molecule is CCNC(=O)CCNS(=O)(=O)Cc1cccc(CN)c1. The predicted molar refractivity (Wildman–Crippen MR) is 78.3 cm³/mol. The van der Waals surface area contributed by atoms with Crippen molar-refractivity contribution in [3.05, 3.63) is 35.4 Å². The molecular formula is C13H21N3O3S. The summed E-state index contributed by atoms with van der Waals surface area (Å²) in [7, 11) is -3.44. The molecule has 6 nitrogen and oxygen atoms in total. The van der Waals surface area contributed by atoms with Crippen molar-refractivity contribution in [2.75, 3.05) is 13.1 Å². The highest BCUT2D eigenvalue weighted by Gasteiger charge is 2.12. The Hall–Kier alpha value is -1.44. The fourth-order valence-corrected chi connectivity index (χ4v) is 2.86. The van der Waals surface area contributed by atoms with Gasteiger partial charge in [0.25, 0.3) is 0 Å². The Labute approximate surface area is 119 Å². The van der Waals surface area contributed by atoms with E-state index < -0.39 is 10.0 Å². The van der Waals surface area contributed by atoms with Gasteiger partial charge in [-0.3, -0.25) is 4.79 Å². The monoisotopic (exact) mass is 299 g/mol. The zero-order chi connectivity index (χ0) is 15.0. The van der Waals surface area contributed by atoms with Gasteiger partial charge in [0.15, 0.2) is 0 Å². The van der Waals surface area contributed by atoms with E-state index in [0.717, 1.165) is 5.56 Å². The zero-order valence-electron chi connectivity index (χ0n) is 11.6. The average Bonchev–Trinajstić information content (AvgIpc) is 2.38. The van der Waals surface area contributed by atoms with Crippen LogP contribution in [0, 0.1) is 0 Å². The molecule has 0 unspecified atom stereocenters. The maximum Gasteiger partial charge on any atom is 0.221 e. The first-order chi connectivity index (χ1) is 9.46. The summed E-state index contributed by atoms with van der Waals surface area (Å²) in [6.07, 6.45) is 0.135. The van der Waals surface area contributed by atoms with Gasteiger partial charge in [0.2, 0.25) is 15.9 Å². The highest BCUT2D eigenvalue weighted by atomic mass is 32.2. The molecule has 112 valence electrons. The number of hydrogen-bond donors (Lipinski definition) is 3. The second-order valence-electron chi connectivity index (χ2n) is 4.38. The molecule has 0 aliphatic heterocycles. The van der Waals surface area contributed by atoms with Crippen LogP contribution in [-0.4, -0.2) is 27.4 Å². The number of hydrogen-bond acceptors (Lipinski definition) is 4. The molecule has 0 aliphatic carbocycles. The van der Waals surface area contributed by atoms with Crippen molar-refractivity contribution in [2.24, 2.45) is 5.73 Å². The summed E-state index contributed by atoms with van der Waals surface area (Å²) >= 11 is 0. The Morgan fingerprint density at radius 1 is 1.30 bits per heavy atom. The lowest BCUT2D eigenvalue weighted by molar-refractivity contribution is -0.120. The van der Waals surface area contributed by atoms with E-state index in [9.17, 15) is 13.2 Å². The molecule has 0 fully saturated rings. The van der Waals surface area contributed by atoms with Gasteiger partial charge in [0.05, 0.1) is 5.75 Å². The van der Waals surface area contributed by atoms with Crippen molar-refractivity contribution < 1.29 is 13.2 Å². The van der Waals surface area contributed by atoms with E-state index in [4.69, 9.17) is 5.73 Å². The van der Waals surface area contributed by atoms with E-state index in [2.05, 4.69) is 10.0 Å². The van der Waals surface area contributed by atoms with Crippen molar-refractivity contribution in [2.45, 2.75) is 25.6 Å². The van der Waals surface area contributed by atoms with Gasteiger partial charge in [0, 0.05) is 26.1 Å². The molecule has 0 atom stereocenters. The molecule has 1 aromatic rings. The normalized spacial score (nSPS) is 11.3. The van der Waals surface area contributed by atoms with Gasteiger partial charge in [-0.1, -0.05) is 24.3 Å². The van der Waals surface area contributed by atoms with Gasteiger partial charge in [0.1, 0.15) is 0 Å². The predicted octanol–water partition coefficient (Wildman–Crippen LogP) is 0.0909. The molecule has 0 aliphatic rings. The summed E-state index contributed by atoms with van der Waals surface area (Å²) in [4.78, 5) is 11.2. The first-order valence-corrected chi connectivity index (χ1v) is 8.14. The Kier molecular flexibility index (Phi) is 6.63. The van der Waals surface area contributed by atoms with Crippen LogP contribution in [0.25, 0.3) is 0 Å². The molecule has 0 saturated carbocycles. The highest BCUT2D eigenvalue weighted by Crippen LogP contribution is 2.08. The Morgan fingerprint density at radius 3 is 2.65 bits per heavy atom. The quantitative estimate of drug-likeness (QED) is 0.633. The summed E-state index contributed by atoms with van der Waals surface area (Å²) in [6.45, 7) is 2.83. The van der Waals surface area contributed by atoms with E-state index in [1.807, 2.05) is 13.0 Å². The van der Waals surface area contributed by atoms with Crippen LogP contribution in [0.4, 0.5) is 0 Å². The second-order valence-corrected chi connectivity index (χ2v) is 6.19. The fraction of sp³-hybridized carbons (Fsp3) is 0.462. The Balaban J connectivity index is 2.50. The molecule has 7 heteroatoms. The standard InChI is InChI=1S/C13H21N3O3S/c1-2-15-13(17)6-7-16-20(18,19)10-12-5-3-4-11(8-12)9-14/h3-5,8,16H,2,6-7,9-10,14H2,1H3,(H,15,17). The van der Waals surface area contributed by atoms with E-state index >= 15 is 0 Å². The number of amides is 1. The van der Waals surface area contributed by atoms with E-state index in [0.29, 0.717) is 18.7 Å². The van der Waals surface area contributed by atoms with Crippen molar-refractivity contribution in [3.8, 4) is 0 Å². The van der Waals surface area contributed by atoms with Gasteiger partial charge in [-0.25, -0.2) is 13.1 Å². The lowest BCUT2D eigenvalue weighted by Gasteiger charge is -2.08. The third-order valence-corrected chi connectivity index (χ3v) is 3.99. The molecule has 0 saturated heterocycles. The van der Waals surface area contributed by atoms with Crippen molar-refractivity contribution in [1.82, 2.24) is 10.0 Å². The summed E-state index contributed by atoms with van der Waals surface area (Å²) < 4.78 is 26.1. The molecule has 0 heterocycles. The van der Waals surface area contributed by atoms with Crippen LogP contribution < -0.4 is 15.8 Å². The van der Waals surface area contributed by atoms with Crippen LogP contribution in [0.3, 0.4) is 0 Å². The largest absolute Gasteiger partial charge is 0.356 e. The second kappa shape index (κ2) is 7.98. The summed E-state index contributed by atoms with van der Waals surface area (Å²) in [5.74, 6) is -0.281. The number of carbonyl (C=O) groups is 1. The van der Waals surface area contributed by atoms with Crippen molar-refractivity contribution in [1.29, 1.82) is 0 Å². The van der Waals surface area contributed by atoms with Crippen LogP contribution in [0.1, 0.15) is 24.5 Å². The third-order valence-electron chi connectivity index (χ3n) is 2.63. The molecule has 0 radical (unpaired) electrons. The number of sulfonamides is 1. The number of nitrogens with two attached hydrogens (primary N) is 1. The number of nitrogens with one attached hydrogen (secondary N) is 2. The first kappa shape index (κ1) is 16.6. The van der Waals surface area contributed by atoms with E-state index in [-0.39, 0.29) is 24.6 Å². The summed E-state index contributed by atoms with van der Waals surface area (Å²) in [5.41, 5.74) is 7.08. The molecule has 0 spiro atoms. The topological polar surface area (TPSA) is 101 Å². The highest BCUT2D eigenvalue weighted by molar-refractivity contribution is 7.88. The van der Waals surface area contributed by atoms with Crippen LogP contribution in [0.15, 0.2) is 24.3 Å². The van der Waals surface area contributed by atoms with Crippen LogP contribution in [0.2, 0.25) is 0 Å². The van der Waals surface area contributed by atoms with Crippen molar-refractivity contribution >= 4 is 15.9 Å². The molecule has 0 aromatic heterocycles. The van der Waals surface area contributed by atoms with Gasteiger partial charge in [-0.2, -0.15) is 0 Å². The average molecular weight is 299 g/mol. The lowest BCUT2D eigenvalue weighted by Crippen LogP contribution is -2.31. The van der Waals surface area contributed by atoms with E-state index in [1.165, 1.54) is 0 Å². The smallest absolute Gasteiger partial charge is 0.221 e. The van der Waals surface area contributed by atoms with Crippen molar-refractivity contribution in [3.63, 3.8) is 0 Å². The van der Waals surface area contributed by atoms with Gasteiger partial charge < -0.3 is 11.1 Å². The van der Waals surface area contributed by atoms with Crippen LogP contribution in [0.5, 0.6) is 0 Å². The Bertz CT molecular complexity index is 544. The minimum Gasteiger partial charge on any atom is -0.356 e. The number of benzene rings is 1. The van der Waals surface area contributed by atoms with Gasteiger partial charge in [-0.05, 0) is 18.1 Å². The van der Waals surface area contributed by atoms with Gasteiger partial charge in [-0.15, -0.1) is 0 Å². The van der Waals surface area contributed by atoms with Crippen LogP contribution >= 0.6 is 0 Å². The minimum atomic E-state index is -3.44. The fourth-order valence-electron chi connectivity index (χ4n) is 1.72. The molecule has 1 rings (SSSR count). The maximum atomic E-state index is 11.9. The van der Waals surface area contributed by atoms with Crippen LogP contribution in [-0.2, 0) is 27.1 Å². The Morgan fingerprint density at radius 2 is 2.00 bits per heavy atom. The summed E-state index contributed by atoms with van der Waals surface area (Å²) in [5, 5.41) is 2.61. The molecule has 1 aromatic carbocycles. The van der Waals surface area contributed by atoms with E-state index in [1.54, 1.807) is 18.2 Å². The number of carbonyl (C=O) groups excluding carboxylic acids is 1. The molecule has 0 bridgehead atoms. The molecular weight excluding hydrogens is 278 g/mol. The van der Waals surface area contributed by atoms with Gasteiger partial charge >= 0.3 is 0 Å².